The van der Waals surface area contributed by atoms with Crippen molar-refractivity contribution in [3.63, 3.8) is 0 Å². The number of carbonyl (C=O) groups excluding carboxylic acids is 1. The number of sulfonamides is 1. The van der Waals surface area contributed by atoms with Crippen LogP contribution in [0.2, 0.25) is 0 Å². The molecule has 3 rings (SSSR count). The third-order valence-electron chi connectivity index (χ3n) is 4.37. The van der Waals surface area contributed by atoms with Crippen LogP contribution in [0.15, 0.2) is 41.4 Å². The highest BCUT2D eigenvalue weighted by molar-refractivity contribution is 7.89. The Bertz CT molecular complexity index is 904. The molecule has 2 aromatic rings. The maximum atomic E-state index is 12.6. The van der Waals surface area contributed by atoms with Crippen molar-refractivity contribution >= 4 is 15.9 Å². The number of hydrogen-bond acceptors (Lipinski definition) is 5. The molecule has 2 N–H and O–H groups in total. The molecule has 1 aliphatic rings. The second-order valence-corrected chi connectivity index (χ2v) is 8.48. The lowest BCUT2D eigenvalue weighted by Gasteiger charge is -2.25. The minimum absolute atomic E-state index is 0.0855. The predicted octanol–water partition coefficient (Wildman–Crippen LogP) is 1.54. The van der Waals surface area contributed by atoms with Crippen LogP contribution >= 0.6 is 0 Å². The van der Waals surface area contributed by atoms with E-state index < -0.39 is 10.0 Å². The summed E-state index contributed by atoms with van der Waals surface area (Å²) in [5.41, 5.74) is 1.34. The van der Waals surface area contributed by atoms with Gasteiger partial charge in [-0.1, -0.05) is 12.1 Å². The van der Waals surface area contributed by atoms with Crippen LogP contribution in [0.4, 0.5) is 0 Å². The normalized spacial score (nSPS) is 15.3. The molecular formula is C19H25N3O5S. The molecule has 2 heterocycles. The van der Waals surface area contributed by atoms with Gasteiger partial charge in [-0.15, -0.1) is 0 Å². The number of nitrogens with one attached hydrogen (secondary N) is 2. The zero-order valence-electron chi connectivity index (χ0n) is 15.8. The lowest BCUT2D eigenvalue weighted by atomic mass is 10.2. The molecule has 0 aliphatic carbocycles. The Morgan fingerprint density at radius 1 is 1.29 bits per heavy atom. The molecule has 28 heavy (non-hydrogen) atoms. The van der Waals surface area contributed by atoms with Crippen LogP contribution in [0, 0.1) is 6.92 Å². The molecule has 0 saturated carbocycles. The zero-order valence-corrected chi connectivity index (χ0v) is 16.6. The number of rotatable bonds is 8. The number of aryl methyl sites for hydroxylation is 1. The van der Waals surface area contributed by atoms with Gasteiger partial charge in [-0.05, 0) is 37.1 Å². The van der Waals surface area contributed by atoms with E-state index in [2.05, 4.69) is 10.3 Å². The molecule has 0 spiro atoms. The van der Waals surface area contributed by atoms with E-state index in [4.69, 9.17) is 9.47 Å². The molecule has 152 valence electrons. The van der Waals surface area contributed by atoms with Gasteiger partial charge in [-0.3, -0.25) is 4.79 Å². The lowest BCUT2D eigenvalue weighted by molar-refractivity contribution is 0.0730. The molecule has 0 unspecified atom stereocenters. The summed E-state index contributed by atoms with van der Waals surface area (Å²) >= 11 is 0. The van der Waals surface area contributed by atoms with Crippen molar-refractivity contribution in [2.75, 3.05) is 39.5 Å². The van der Waals surface area contributed by atoms with Crippen molar-refractivity contribution in [3.05, 3.63) is 47.8 Å². The Labute approximate surface area is 164 Å². The van der Waals surface area contributed by atoms with Gasteiger partial charge in [0, 0.05) is 25.8 Å². The highest BCUT2D eigenvalue weighted by Gasteiger charge is 2.27. The maximum absolute atomic E-state index is 12.6. The molecular weight excluding hydrogens is 382 g/mol. The Hall–Kier alpha value is -2.36. The van der Waals surface area contributed by atoms with Gasteiger partial charge < -0.3 is 19.8 Å². The second-order valence-electron chi connectivity index (χ2n) is 6.54. The maximum Gasteiger partial charge on any atom is 0.267 e. The third-order valence-corrected chi connectivity index (χ3v) is 6.25. The fraction of sp³-hybridized carbons (Fsp3) is 0.421. The summed E-state index contributed by atoms with van der Waals surface area (Å²) in [5.74, 6) is 0.452. The van der Waals surface area contributed by atoms with E-state index >= 15 is 0 Å². The first-order valence-corrected chi connectivity index (χ1v) is 10.6. The molecule has 9 heteroatoms. The number of hydrogen-bond donors (Lipinski definition) is 2. The van der Waals surface area contributed by atoms with Crippen molar-refractivity contribution in [1.29, 1.82) is 0 Å². The number of nitrogens with zero attached hydrogens (tertiary/aromatic N) is 1. The van der Waals surface area contributed by atoms with E-state index in [1.165, 1.54) is 16.6 Å². The Morgan fingerprint density at radius 2 is 2.07 bits per heavy atom. The van der Waals surface area contributed by atoms with E-state index in [0.717, 1.165) is 11.3 Å². The van der Waals surface area contributed by atoms with Gasteiger partial charge in [0.15, 0.2) is 0 Å². The van der Waals surface area contributed by atoms with E-state index in [1.54, 1.807) is 0 Å². The average molecular weight is 407 g/mol. The van der Waals surface area contributed by atoms with Gasteiger partial charge in [-0.25, -0.2) is 8.42 Å². The molecule has 0 bridgehead atoms. The van der Waals surface area contributed by atoms with E-state index in [1.807, 2.05) is 31.2 Å². The molecule has 0 radical (unpaired) electrons. The average Bonchev–Trinajstić information content (AvgIpc) is 3.19. The molecule has 1 amide bonds. The van der Waals surface area contributed by atoms with Gasteiger partial charge >= 0.3 is 0 Å². The number of morpholine rings is 1. The van der Waals surface area contributed by atoms with Crippen LogP contribution in [0.3, 0.4) is 0 Å². The molecule has 1 aromatic carbocycles. The largest absolute Gasteiger partial charge is 0.494 e. The Morgan fingerprint density at radius 3 is 2.82 bits per heavy atom. The standard InChI is InChI=1S/C19H25N3O5S/c1-15-4-2-5-16(12-15)27-9-3-6-20-19(23)18-13-17(14-21-18)28(24,25)22-7-10-26-11-8-22/h2,4-5,12-14,21H,3,6-11H2,1H3,(H,20,23). The third kappa shape index (κ3) is 5.12. The molecule has 0 atom stereocenters. The summed E-state index contributed by atoms with van der Waals surface area (Å²) < 4.78 is 37.4. The molecule has 8 nitrogen and oxygen atoms in total. The van der Waals surface area contributed by atoms with Crippen molar-refractivity contribution in [2.45, 2.75) is 18.2 Å². The predicted molar refractivity (Wildman–Crippen MR) is 104 cm³/mol. The monoisotopic (exact) mass is 407 g/mol. The molecule has 1 fully saturated rings. The summed E-state index contributed by atoms with van der Waals surface area (Å²) in [6.45, 7) is 4.28. The van der Waals surface area contributed by atoms with Crippen LogP contribution in [0.25, 0.3) is 0 Å². The van der Waals surface area contributed by atoms with Gasteiger partial charge in [0.2, 0.25) is 10.0 Å². The number of amides is 1. The van der Waals surface area contributed by atoms with Crippen LogP contribution in [-0.2, 0) is 14.8 Å². The molecule has 1 aliphatic heterocycles. The van der Waals surface area contributed by atoms with Crippen molar-refractivity contribution in [3.8, 4) is 5.75 Å². The van der Waals surface area contributed by atoms with E-state index in [-0.39, 0.29) is 16.5 Å². The number of H-pyrrole nitrogens is 1. The summed E-state index contributed by atoms with van der Waals surface area (Å²) in [5, 5.41) is 2.76. The first kappa shape index (κ1) is 20.4. The van der Waals surface area contributed by atoms with E-state index in [9.17, 15) is 13.2 Å². The Kier molecular flexibility index (Phi) is 6.71. The van der Waals surface area contributed by atoms with Crippen LogP contribution in [0.5, 0.6) is 5.75 Å². The van der Waals surface area contributed by atoms with Crippen LogP contribution in [0.1, 0.15) is 22.5 Å². The van der Waals surface area contributed by atoms with Gasteiger partial charge in [0.05, 0.1) is 19.8 Å². The topological polar surface area (TPSA) is 101 Å². The number of carbonyl (C=O) groups is 1. The lowest BCUT2D eigenvalue weighted by Crippen LogP contribution is -2.40. The van der Waals surface area contributed by atoms with E-state index in [0.29, 0.717) is 45.9 Å². The first-order chi connectivity index (χ1) is 13.5. The van der Waals surface area contributed by atoms with Gasteiger partial charge in [0.1, 0.15) is 16.3 Å². The van der Waals surface area contributed by atoms with Crippen molar-refractivity contribution in [2.24, 2.45) is 0 Å². The van der Waals surface area contributed by atoms with Crippen molar-refractivity contribution in [1.82, 2.24) is 14.6 Å². The summed E-state index contributed by atoms with van der Waals surface area (Å²) in [7, 11) is -3.62. The fourth-order valence-electron chi connectivity index (χ4n) is 2.85. The first-order valence-electron chi connectivity index (χ1n) is 9.21. The minimum atomic E-state index is -3.62. The summed E-state index contributed by atoms with van der Waals surface area (Å²) in [6.07, 6.45) is 1.99. The summed E-state index contributed by atoms with van der Waals surface area (Å²) in [4.78, 5) is 15.1. The zero-order chi connectivity index (χ0) is 20.0. The highest BCUT2D eigenvalue weighted by Crippen LogP contribution is 2.18. The highest BCUT2D eigenvalue weighted by atomic mass is 32.2. The van der Waals surface area contributed by atoms with Gasteiger partial charge in [0.25, 0.3) is 5.91 Å². The number of aromatic amines is 1. The van der Waals surface area contributed by atoms with Crippen molar-refractivity contribution < 1.29 is 22.7 Å². The number of aromatic nitrogens is 1. The Balaban J connectivity index is 1.46. The van der Waals surface area contributed by atoms with Gasteiger partial charge in [-0.2, -0.15) is 4.31 Å². The second kappa shape index (κ2) is 9.22. The quantitative estimate of drug-likeness (QED) is 0.647. The smallest absolute Gasteiger partial charge is 0.267 e. The van der Waals surface area contributed by atoms with Crippen LogP contribution < -0.4 is 10.1 Å². The molecule has 1 saturated heterocycles. The molecule has 1 aromatic heterocycles. The fourth-order valence-corrected chi connectivity index (χ4v) is 4.26. The minimum Gasteiger partial charge on any atom is -0.494 e. The number of benzene rings is 1. The number of ether oxygens (including phenoxy) is 2. The summed E-state index contributed by atoms with van der Waals surface area (Å²) in [6, 6.07) is 9.13. The SMILES string of the molecule is Cc1cccc(OCCCNC(=O)c2cc(S(=O)(=O)N3CCOCC3)c[nH]2)c1. The van der Waals surface area contributed by atoms with Crippen LogP contribution in [-0.4, -0.2) is 63.1 Å².